The molecule has 21 heavy (non-hydrogen) atoms. The smallest absolute Gasteiger partial charge is 0.269 e. The highest BCUT2D eigenvalue weighted by Crippen LogP contribution is 2.32. The van der Waals surface area contributed by atoms with E-state index in [9.17, 15) is 4.79 Å². The molecule has 0 aliphatic carbocycles. The van der Waals surface area contributed by atoms with Crippen molar-refractivity contribution in [3.8, 4) is 11.5 Å². The minimum absolute atomic E-state index is 0.218. The van der Waals surface area contributed by atoms with E-state index in [1.165, 1.54) is 6.08 Å². The predicted molar refractivity (Wildman–Crippen MR) is 83.8 cm³/mol. The third-order valence-corrected chi connectivity index (χ3v) is 3.12. The van der Waals surface area contributed by atoms with Crippen LogP contribution in [0.3, 0.4) is 0 Å². The van der Waals surface area contributed by atoms with Gasteiger partial charge in [0.05, 0.1) is 0 Å². The van der Waals surface area contributed by atoms with E-state index in [-0.39, 0.29) is 12.7 Å². The topological polar surface area (TPSA) is 47.9 Å². The molecule has 1 heterocycles. The van der Waals surface area contributed by atoms with Gasteiger partial charge in [-0.2, -0.15) is 0 Å². The number of benzene rings is 1. The van der Waals surface area contributed by atoms with Gasteiger partial charge in [0.25, 0.3) is 5.91 Å². The zero-order valence-electron chi connectivity index (χ0n) is 12.3. The minimum atomic E-state index is -0.218. The Balaban J connectivity index is 1.94. The van der Waals surface area contributed by atoms with E-state index in [0.29, 0.717) is 0 Å². The molecule has 0 saturated heterocycles. The lowest BCUT2D eigenvalue weighted by Crippen LogP contribution is -1.98. The van der Waals surface area contributed by atoms with Gasteiger partial charge in [0.1, 0.15) is 0 Å². The second-order valence-electron chi connectivity index (χ2n) is 4.55. The second-order valence-corrected chi connectivity index (χ2v) is 4.55. The van der Waals surface area contributed by atoms with E-state index < -0.39 is 0 Å². The molecule has 4 nitrogen and oxygen atoms in total. The van der Waals surface area contributed by atoms with Gasteiger partial charge in [-0.25, -0.2) is 4.99 Å². The third kappa shape index (κ3) is 4.31. The third-order valence-electron chi connectivity index (χ3n) is 3.12. The average molecular weight is 285 g/mol. The number of carbonyl (C=O) groups excluding carboxylic acids is 1. The van der Waals surface area contributed by atoms with Crippen molar-refractivity contribution in [3.05, 3.63) is 42.0 Å². The molecule has 1 amide bonds. The molecule has 110 valence electrons. The Kier molecular flexibility index (Phi) is 5.32. The second kappa shape index (κ2) is 7.43. The molecule has 0 spiro atoms. The molecule has 1 aromatic rings. The SMILES string of the molecule is CCC(CC)=NC(=O)/C=C/C=C/c1ccc2c(c1)OCO2. The van der Waals surface area contributed by atoms with Gasteiger partial charge >= 0.3 is 0 Å². The van der Waals surface area contributed by atoms with Gasteiger partial charge in [-0.3, -0.25) is 4.79 Å². The Morgan fingerprint density at radius 1 is 1.19 bits per heavy atom. The monoisotopic (exact) mass is 285 g/mol. The van der Waals surface area contributed by atoms with E-state index >= 15 is 0 Å². The van der Waals surface area contributed by atoms with Crippen LogP contribution in [-0.4, -0.2) is 18.4 Å². The number of hydrogen-bond acceptors (Lipinski definition) is 3. The van der Waals surface area contributed by atoms with Crippen LogP contribution in [0.25, 0.3) is 6.08 Å². The van der Waals surface area contributed by atoms with Gasteiger partial charge in [0, 0.05) is 11.8 Å². The average Bonchev–Trinajstić information content (AvgIpc) is 2.96. The van der Waals surface area contributed by atoms with Gasteiger partial charge in [0.15, 0.2) is 11.5 Å². The van der Waals surface area contributed by atoms with E-state index in [4.69, 9.17) is 9.47 Å². The molecule has 0 fully saturated rings. The first-order valence-electron chi connectivity index (χ1n) is 7.07. The largest absolute Gasteiger partial charge is 0.454 e. The first kappa shape index (κ1) is 15.0. The number of nitrogens with zero attached hydrogens (tertiary/aromatic N) is 1. The van der Waals surface area contributed by atoms with Crippen LogP contribution in [-0.2, 0) is 4.79 Å². The molecule has 0 saturated carbocycles. The van der Waals surface area contributed by atoms with Crippen LogP contribution >= 0.6 is 0 Å². The van der Waals surface area contributed by atoms with E-state index in [1.807, 2.05) is 44.2 Å². The van der Waals surface area contributed by atoms with Crippen molar-refractivity contribution in [1.82, 2.24) is 0 Å². The van der Waals surface area contributed by atoms with Crippen LogP contribution in [0.1, 0.15) is 32.3 Å². The van der Waals surface area contributed by atoms with Gasteiger partial charge in [-0.05, 0) is 30.5 Å². The molecule has 0 atom stereocenters. The maximum atomic E-state index is 11.6. The Labute approximate surface area is 124 Å². The zero-order chi connectivity index (χ0) is 15.1. The summed E-state index contributed by atoms with van der Waals surface area (Å²) in [6.07, 6.45) is 8.49. The zero-order valence-corrected chi connectivity index (χ0v) is 12.3. The highest BCUT2D eigenvalue weighted by Gasteiger charge is 2.11. The fraction of sp³-hybridized carbons (Fsp3) is 0.294. The molecular formula is C17H19NO3. The number of fused-ring (bicyclic) bond motifs is 1. The van der Waals surface area contributed by atoms with Crippen molar-refractivity contribution in [2.75, 3.05) is 6.79 Å². The molecule has 0 radical (unpaired) electrons. The molecule has 4 heteroatoms. The predicted octanol–water partition coefficient (Wildman–Crippen LogP) is 3.77. The standard InChI is InChI=1S/C17H19NO3/c1-3-14(4-2)18-17(19)8-6-5-7-13-9-10-15-16(11-13)21-12-20-15/h5-11H,3-4,12H2,1-2H3/b7-5+,8-6+. The number of carbonyl (C=O) groups is 1. The summed E-state index contributed by atoms with van der Waals surface area (Å²) < 4.78 is 10.6. The summed E-state index contributed by atoms with van der Waals surface area (Å²) in [7, 11) is 0. The molecule has 0 aromatic heterocycles. The number of amides is 1. The van der Waals surface area contributed by atoms with Crippen LogP contribution < -0.4 is 9.47 Å². The number of ether oxygens (including phenoxy) is 2. The number of rotatable bonds is 5. The summed E-state index contributed by atoms with van der Waals surface area (Å²) in [5.41, 5.74) is 1.91. The van der Waals surface area contributed by atoms with Crippen molar-refractivity contribution < 1.29 is 14.3 Å². The maximum absolute atomic E-state index is 11.6. The van der Waals surface area contributed by atoms with Crippen molar-refractivity contribution in [3.63, 3.8) is 0 Å². The summed E-state index contributed by atoms with van der Waals surface area (Å²) >= 11 is 0. The fourth-order valence-corrected chi connectivity index (χ4v) is 1.92. The van der Waals surface area contributed by atoms with Gasteiger partial charge in [-0.15, -0.1) is 0 Å². The molecule has 1 aliphatic heterocycles. The molecular weight excluding hydrogens is 266 g/mol. The summed E-state index contributed by atoms with van der Waals surface area (Å²) in [4.78, 5) is 15.6. The summed E-state index contributed by atoms with van der Waals surface area (Å²) in [5.74, 6) is 1.29. The van der Waals surface area contributed by atoms with Crippen LogP contribution in [0, 0.1) is 0 Å². The van der Waals surface area contributed by atoms with Crippen LogP contribution in [0.5, 0.6) is 11.5 Å². The normalized spacial score (nSPS) is 13.0. The van der Waals surface area contributed by atoms with Gasteiger partial charge in [-0.1, -0.05) is 38.1 Å². The molecule has 0 N–H and O–H groups in total. The number of allylic oxidation sites excluding steroid dienone is 2. The highest BCUT2D eigenvalue weighted by molar-refractivity contribution is 6.00. The lowest BCUT2D eigenvalue weighted by Gasteiger charge is -1.96. The van der Waals surface area contributed by atoms with E-state index in [0.717, 1.165) is 35.6 Å². The fourth-order valence-electron chi connectivity index (χ4n) is 1.92. The maximum Gasteiger partial charge on any atom is 0.269 e. The Morgan fingerprint density at radius 3 is 2.71 bits per heavy atom. The number of hydrogen-bond donors (Lipinski definition) is 0. The van der Waals surface area contributed by atoms with Crippen molar-refractivity contribution in [2.24, 2.45) is 4.99 Å². The quantitative estimate of drug-likeness (QED) is 0.470. The van der Waals surface area contributed by atoms with Crippen molar-refractivity contribution >= 4 is 17.7 Å². The van der Waals surface area contributed by atoms with Crippen molar-refractivity contribution in [1.29, 1.82) is 0 Å². The Bertz CT molecular complexity index is 594. The minimum Gasteiger partial charge on any atom is -0.454 e. The molecule has 2 rings (SSSR count). The number of aliphatic imine (C=N–C) groups is 1. The Hall–Kier alpha value is -2.36. The van der Waals surface area contributed by atoms with Gasteiger partial charge < -0.3 is 9.47 Å². The summed E-state index contributed by atoms with van der Waals surface area (Å²) in [6.45, 7) is 4.27. The molecule has 0 bridgehead atoms. The van der Waals surface area contributed by atoms with E-state index in [1.54, 1.807) is 6.08 Å². The molecule has 0 unspecified atom stereocenters. The molecule has 1 aromatic carbocycles. The van der Waals surface area contributed by atoms with Crippen LogP contribution in [0.2, 0.25) is 0 Å². The lowest BCUT2D eigenvalue weighted by molar-refractivity contribution is -0.113. The highest BCUT2D eigenvalue weighted by atomic mass is 16.7. The summed E-state index contributed by atoms with van der Waals surface area (Å²) in [5, 5.41) is 0. The lowest BCUT2D eigenvalue weighted by atomic mass is 10.2. The van der Waals surface area contributed by atoms with Crippen LogP contribution in [0.4, 0.5) is 0 Å². The summed E-state index contributed by atoms with van der Waals surface area (Å²) in [6, 6.07) is 5.71. The van der Waals surface area contributed by atoms with E-state index in [2.05, 4.69) is 4.99 Å². The Morgan fingerprint density at radius 2 is 1.95 bits per heavy atom. The van der Waals surface area contributed by atoms with Crippen molar-refractivity contribution in [2.45, 2.75) is 26.7 Å². The van der Waals surface area contributed by atoms with Gasteiger partial charge in [0.2, 0.25) is 6.79 Å². The van der Waals surface area contributed by atoms with Crippen LogP contribution in [0.15, 0.2) is 41.4 Å². The molecule has 1 aliphatic rings. The first-order valence-corrected chi connectivity index (χ1v) is 7.07. The first-order chi connectivity index (χ1) is 10.2.